The van der Waals surface area contributed by atoms with Gasteiger partial charge < -0.3 is 5.32 Å². The smallest absolute Gasteiger partial charge is 0.0762 e. The van der Waals surface area contributed by atoms with Crippen LogP contribution in [0.25, 0.3) is 0 Å². The van der Waals surface area contributed by atoms with Gasteiger partial charge in [-0.2, -0.15) is 5.10 Å². The SMILES string of the molecule is CCC(NCc1ccn(C(CC)CC)n1)C(C)C. The van der Waals surface area contributed by atoms with Gasteiger partial charge in [-0.25, -0.2) is 0 Å². The Balaban J connectivity index is 2.53. The summed E-state index contributed by atoms with van der Waals surface area (Å²) in [5, 5.41) is 8.27. The van der Waals surface area contributed by atoms with Crippen LogP contribution in [0.2, 0.25) is 0 Å². The molecule has 104 valence electrons. The Kier molecular flexibility index (Phi) is 6.41. The van der Waals surface area contributed by atoms with Gasteiger partial charge >= 0.3 is 0 Å². The van der Waals surface area contributed by atoms with Crippen LogP contribution in [-0.2, 0) is 6.54 Å². The van der Waals surface area contributed by atoms with E-state index >= 15 is 0 Å². The van der Waals surface area contributed by atoms with Crippen molar-refractivity contribution in [2.45, 2.75) is 72.5 Å². The highest BCUT2D eigenvalue weighted by molar-refractivity contribution is 4.99. The van der Waals surface area contributed by atoms with Crippen molar-refractivity contribution in [2.24, 2.45) is 5.92 Å². The van der Waals surface area contributed by atoms with Gasteiger partial charge in [-0.15, -0.1) is 0 Å². The second-order valence-electron chi connectivity index (χ2n) is 5.40. The third-order valence-corrected chi connectivity index (χ3v) is 3.77. The Labute approximate surface area is 112 Å². The van der Waals surface area contributed by atoms with Gasteiger partial charge in [0.1, 0.15) is 0 Å². The van der Waals surface area contributed by atoms with Crippen LogP contribution in [0.1, 0.15) is 65.6 Å². The van der Waals surface area contributed by atoms with Crippen molar-refractivity contribution >= 4 is 0 Å². The van der Waals surface area contributed by atoms with Gasteiger partial charge in [-0.1, -0.05) is 34.6 Å². The molecule has 1 unspecified atom stereocenters. The van der Waals surface area contributed by atoms with Crippen LogP contribution >= 0.6 is 0 Å². The lowest BCUT2D eigenvalue weighted by molar-refractivity contribution is 0.380. The third-order valence-electron chi connectivity index (χ3n) is 3.77. The second-order valence-corrected chi connectivity index (χ2v) is 5.40. The van der Waals surface area contributed by atoms with E-state index in [2.05, 4.69) is 62.0 Å². The average molecular weight is 251 g/mol. The maximum absolute atomic E-state index is 4.67. The first-order valence-corrected chi connectivity index (χ1v) is 7.39. The summed E-state index contributed by atoms with van der Waals surface area (Å²) in [6.45, 7) is 12.1. The molecule has 1 rings (SSSR count). The number of hydrogen-bond donors (Lipinski definition) is 1. The molecule has 1 aromatic heterocycles. The van der Waals surface area contributed by atoms with E-state index < -0.39 is 0 Å². The fraction of sp³-hybridized carbons (Fsp3) is 0.800. The van der Waals surface area contributed by atoms with Crippen molar-refractivity contribution in [3.63, 3.8) is 0 Å². The number of nitrogens with zero attached hydrogens (tertiary/aromatic N) is 2. The highest BCUT2D eigenvalue weighted by Gasteiger charge is 2.12. The third kappa shape index (κ3) is 4.13. The molecule has 0 radical (unpaired) electrons. The fourth-order valence-electron chi connectivity index (χ4n) is 2.42. The number of hydrogen-bond acceptors (Lipinski definition) is 2. The highest BCUT2D eigenvalue weighted by Crippen LogP contribution is 2.14. The van der Waals surface area contributed by atoms with Crippen molar-refractivity contribution in [2.75, 3.05) is 0 Å². The van der Waals surface area contributed by atoms with E-state index in [4.69, 9.17) is 0 Å². The van der Waals surface area contributed by atoms with E-state index in [-0.39, 0.29) is 0 Å². The molecule has 0 aliphatic rings. The number of aromatic nitrogens is 2. The summed E-state index contributed by atoms with van der Waals surface area (Å²) in [4.78, 5) is 0. The number of rotatable bonds is 8. The lowest BCUT2D eigenvalue weighted by atomic mass is 10.0. The Morgan fingerprint density at radius 2 is 1.83 bits per heavy atom. The van der Waals surface area contributed by atoms with Crippen molar-refractivity contribution in [1.29, 1.82) is 0 Å². The zero-order chi connectivity index (χ0) is 13.5. The Morgan fingerprint density at radius 1 is 1.17 bits per heavy atom. The van der Waals surface area contributed by atoms with E-state index in [0.717, 1.165) is 25.1 Å². The quantitative estimate of drug-likeness (QED) is 0.762. The first-order chi connectivity index (χ1) is 8.62. The Hall–Kier alpha value is -0.830. The molecule has 0 aliphatic heterocycles. The molecule has 1 atom stereocenters. The molecule has 18 heavy (non-hydrogen) atoms. The van der Waals surface area contributed by atoms with Crippen molar-refractivity contribution in [3.05, 3.63) is 18.0 Å². The molecule has 0 aromatic carbocycles. The topological polar surface area (TPSA) is 29.9 Å². The van der Waals surface area contributed by atoms with Crippen LogP contribution in [0.15, 0.2) is 12.3 Å². The van der Waals surface area contributed by atoms with E-state index in [1.54, 1.807) is 0 Å². The summed E-state index contributed by atoms with van der Waals surface area (Å²) in [5.41, 5.74) is 1.15. The molecular formula is C15H29N3. The van der Waals surface area contributed by atoms with E-state index in [9.17, 15) is 0 Å². The van der Waals surface area contributed by atoms with Gasteiger partial charge in [0.25, 0.3) is 0 Å². The van der Waals surface area contributed by atoms with Gasteiger partial charge in [0.05, 0.1) is 11.7 Å². The molecule has 0 fully saturated rings. The van der Waals surface area contributed by atoms with Crippen LogP contribution in [-0.4, -0.2) is 15.8 Å². The van der Waals surface area contributed by atoms with E-state index in [1.807, 2.05) is 0 Å². The van der Waals surface area contributed by atoms with Crippen LogP contribution < -0.4 is 5.32 Å². The van der Waals surface area contributed by atoms with E-state index in [1.165, 1.54) is 6.42 Å². The molecule has 0 bridgehead atoms. The zero-order valence-electron chi connectivity index (χ0n) is 12.6. The summed E-state index contributed by atoms with van der Waals surface area (Å²) in [6, 6.07) is 3.27. The minimum atomic E-state index is 0.547. The molecule has 0 amide bonds. The average Bonchev–Trinajstić information content (AvgIpc) is 2.80. The number of nitrogens with one attached hydrogen (secondary N) is 1. The lowest BCUT2D eigenvalue weighted by Crippen LogP contribution is -2.32. The van der Waals surface area contributed by atoms with Gasteiger partial charge in [0.15, 0.2) is 0 Å². The molecule has 3 nitrogen and oxygen atoms in total. The first-order valence-electron chi connectivity index (χ1n) is 7.39. The molecule has 0 saturated carbocycles. The van der Waals surface area contributed by atoms with Gasteiger partial charge in [0.2, 0.25) is 0 Å². The summed E-state index contributed by atoms with van der Waals surface area (Å²) in [6.07, 6.45) is 5.58. The largest absolute Gasteiger partial charge is 0.308 e. The van der Waals surface area contributed by atoms with Crippen molar-refractivity contribution in [3.8, 4) is 0 Å². The maximum Gasteiger partial charge on any atom is 0.0762 e. The molecule has 1 heterocycles. The van der Waals surface area contributed by atoms with Gasteiger partial charge in [-0.3, -0.25) is 4.68 Å². The van der Waals surface area contributed by atoms with Gasteiger partial charge in [-0.05, 0) is 31.2 Å². The molecule has 0 saturated heterocycles. The van der Waals surface area contributed by atoms with Gasteiger partial charge in [0, 0.05) is 18.8 Å². The summed E-state index contributed by atoms with van der Waals surface area (Å²) in [7, 11) is 0. The van der Waals surface area contributed by atoms with Crippen molar-refractivity contribution in [1.82, 2.24) is 15.1 Å². The molecule has 0 aliphatic carbocycles. The van der Waals surface area contributed by atoms with Crippen LogP contribution in [0.4, 0.5) is 0 Å². The molecule has 0 spiro atoms. The monoisotopic (exact) mass is 251 g/mol. The summed E-state index contributed by atoms with van der Waals surface area (Å²) >= 11 is 0. The summed E-state index contributed by atoms with van der Waals surface area (Å²) in [5.74, 6) is 0.677. The predicted octanol–water partition coefficient (Wildman–Crippen LogP) is 3.77. The first kappa shape index (κ1) is 15.2. The van der Waals surface area contributed by atoms with E-state index in [0.29, 0.717) is 18.0 Å². The molecule has 1 aromatic rings. The normalized spacial score (nSPS) is 13.5. The lowest BCUT2D eigenvalue weighted by Gasteiger charge is -2.20. The molecule has 3 heteroatoms. The zero-order valence-corrected chi connectivity index (χ0v) is 12.6. The predicted molar refractivity (Wildman–Crippen MR) is 77.6 cm³/mol. The Morgan fingerprint density at radius 3 is 2.33 bits per heavy atom. The van der Waals surface area contributed by atoms with Crippen molar-refractivity contribution < 1.29 is 0 Å². The maximum atomic E-state index is 4.67. The Bertz CT molecular complexity index is 326. The summed E-state index contributed by atoms with van der Waals surface area (Å²) < 4.78 is 2.12. The minimum Gasteiger partial charge on any atom is -0.308 e. The molecular weight excluding hydrogens is 222 g/mol. The van der Waals surface area contributed by atoms with Crippen LogP contribution in [0, 0.1) is 5.92 Å². The minimum absolute atomic E-state index is 0.547. The van der Waals surface area contributed by atoms with Crippen LogP contribution in [0.3, 0.4) is 0 Å². The standard InChI is InChI=1S/C15H29N3/c1-6-14(7-2)18-10-9-13(17-18)11-16-15(8-3)12(4)5/h9-10,12,14-16H,6-8,11H2,1-5H3. The second kappa shape index (κ2) is 7.57. The highest BCUT2D eigenvalue weighted by atomic mass is 15.3. The fourth-order valence-corrected chi connectivity index (χ4v) is 2.42. The van der Waals surface area contributed by atoms with Crippen LogP contribution in [0.5, 0.6) is 0 Å². The molecule has 1 N–H and O–H groups in total.